The third kappa shape index (κ3) is 5.89. The topological polar surface area (TPSA) is 22.1 Å². The van der Waals surface area contributed by atoms with E-state index in [9.17, 15) is 0 Å². The molecule has 4 nitrogen and oxygen atoms in total. The molecule has 0 amide bonds. The predicted octanol–water partition coefficient (Wildman–Crippen LogP) is 1.42. The molecule has 0 saturated heterocycles. The molecule has 0 radical (unpaired) electrons. The molecule has 0 spiro atoms. The Morgan fingerprint density at radius 1 is 0.938 bits per heavy atom. The minimum Gasteiger partial charge on any atom is -0.349 e. The summed E-state index contributed by atoms with van der Waals surface area (Å²) in [4.78, 5) is 10.9. The van der Waals surface area contributed by atoms with Gasteiger partial charge in [-0.05, 0) is 27.9 Å². The monoisotopic (exact) mass is 342 g/mol. The first kappa shape index (κ1) is 18.3. The highest BCUT2D eigenvalue weighted by atomic mass is 127. The zero-order chi connectivity index (χ0) is 12.2. The Bertz CT molecular complexity index is 212. The van der Waals surface area contributed by atoms with Gasteiger partial charge in [0.05, 0.1) is 6.54 Å². The molecule has 0 aliphatic carbocycles. The molecular weight excluding hydrogens is 315 g/mol. The molecule has 0 heterocycles. The lowest BCUT2D eigenvalue weighted by Crippen LogP contribution is -2.43. The molecule has 0 N–H and O–H groups in total. The van der Waals surface area contributed by atoms with Crippen molar-refractivity contribution in [3.05, 3.63) is 0 Å². The average molecular weight is 342 g/mol. The molecule has 0 aromatic heterocycles. The van der Waals surface area contributed by atoms with Crippen LogP contribution < -0.4 is 0 Å². The Morgan fingerprint density at radius 2 is 1.31 bits per heavy atom. The Balaban J connectivity index is 0. The van der Waals surface area contributed by atoms with Crippen LogP contribution in [0.4, 0.5) is 0 Å². The standard InChI is InChI=1S/C11H26N4.HI/c1-11(2,15(7)8)9-12-10(13(3)4)14(5)6;/h9H2,1-8H3;1H. The number of likely N-dealkylation sites (N-methyl/N-ethyl adjacent to an activating group) is 1. The van der Waals surface area contributed by atoms with Gasteiger partial charge in [-0.2, -0.15) is 0 Å². The van der Waals surface area contributed by atoms with Gasteiger partial charge < -0.3 is 14.7 Å². The van der Waals surface area contributed by atoms with E-state index < -0.39 is 0 Å². The minimum absolute atomic E-state index is 0. The van der Waals surface area contributed by atoms with E-state index in [-0.39, 0.29) is 29.5 Å². The number of rotatable bonds is 3. The molecule has 16 heavy (non-hydrogen) atoms. The van der Waals surface area contributed by atoms with Crippen LogP contribution in [0.1, 0.15) is 13.8 Å². The van der Waals surface area contributed by atoms with Gasteiger partial charge in [-0.15, -0.1) is 24.0 Å². The van der Waals surface area contributed by atoms with Gasteiger partial charge in [0, 0.05) is 33.7 Å². The van der Waals surface area contributed by atoms with Crippen molar-refractivity contribution in [2.45, 2.75) is 19.4 Å². The van der Waals surface area contributed by atoms with Gasteiger partial charge >= 0.3 is 0 Å². The van der Waals surface area contributed by atoms with Crippen molar-refractivity contribution in [1.29, 1.82) is 0 Å². The molecule has 0 aliphatic heterocycles. The fourth-order valence-electron chi connectivity index (χ4n) is 1.09. The van der Waals surface area contributed by atoms with Gasteiger partial charge in [0.2, 0.25) is 0 Å². The minimum atomic E-state index is 0. The van der Waals surface area contributed by atoms with Crippen LogP contribution in [0.5, 0.6) is 0 Å². The van der Waals surface area contributed by atoms with Gasteiger partial charge in [-0.25, -0.2) is 0 Å². The highest BCUT2D eigenvalue weighted by Crippen LogP contribution is 2.10. The van der Waals surface area contributed by atoms with Crippen molar-refractivity contribution in [3.8, 4) is 0 Å². The predicted molar refractivity (Wildman–Crippen MR) is 82.9 cm³/mol. The van der Waals surface area contributed by atoms with E-state index >= 15 is 0 Å². The van der Waals surface area contributed by atoms with Crippen LogP contribution in [-0.4, -0.2) is 75.0 Å². The summed E-state index contributed by atoms with van der Waals surface area (Å²) in [5, 5.41) is 0. The van der Waals surface area contributed by atoms with Crippen molar-refractivity contribution in [2.24, 2.45) is 4.99 Å². The summed E-state index contributed by atoms with van der Waals surface area (Å²) in [6.45, 7) is 5.19. The second-order valence-corrected chi connectivity index (χ2v) is 5.11. The zero-order valence-corrected chi connectivity index (χ0v) is 14.2. The first-order valence-corrected chi connectivity index (χ1v) is 5.25. The van der Waals surface area contributed by atoms with E-state index in [2.05, 4.69) is 37.8 Å². The summed E-state index contributed by atoms with van der Waals surface area (Å²) < 4.78 is 0. The van der Waals surface area contributed by atoms with E-state index in [1.807, 2.05) is 38.0 Å². The molecule has 0 fully saturated rings. The van der Waals surface area contributed by atoms with E-state index in [0.29, 0.717) is 0 Å². The van der Waals surface area contributed by atoms with Crippen molar-refractivity contribution in [1.82, 2.24) is 14.7 Å². The third-order valence-electron chi connectivity index (χ3n) is 2.62. The summed E-state index contributed by atoms with van der Waals surface area (Å²) in [6, 6.07) is 0. The van der Waals surface area contributed by atoms with Gasteiger partial charge in [-0.1, -0.05) is 0 Å². The van der Waals surface area contributed by atoms with Crippen LogP contribution in [0.2, 0.25) is 0 Å². The summed E-state index contributed by atoms with van der Waals surface area (Å²) >= 11 is 0. The highest BCUT2D eigenvalue weighted by molar-refractivity contribution is 14.0. The van der Waals surface area contributed by atoms with Gasteiger partial charge in [0.25, 0.3) is 0 Å². The van der Waals surface area contributed by atoms with E-state index in [4.69, 9.17) is 0 Å². The third-order valence-corrected chi connectivity index (χ3v) is 2.62. The maximum absolute atomic E-state index is 4.64. The van der Waals surface area contributed by atoms with Gasteiger partial charge in [0.1, 0.15) is 0 Å². The highest BCUT2D eigenvalue weighted by Gasteiger charge is 2.20. The average Bonchev–Trinajstić information content (AvgIpc) is 2.02. The lowest BCUT2D eigenvalue weighted by molar-refractivity contribution is 0.204. The number of guanidine groups is 1. The second kappa shape index (κ2) is 7.32. The van der Waals surface area contributed by atoms with Crippen LogP contribution in [-0.2, 0) is 0 Å². The summed E-state index contributed by atoms with van der Waals surface area (Å²) in [5.41, 5.74) is 0.0945. The van der Waals surface area contributed by atoms with Crippen molar-refractivity contribution < 1.29 is 0 Å². The Morgan fingerprint density at radius 3 is 1.56 bits per heavy atom. The zero-order valence-electron chi connectivity index (χ0n) is 11.9. The molecule has 0 unspecified atom stereocenters. The summed E-state index contributed by atoms with van der Waals surface area (Å²) in [6.07, 6.45) is 0. The number of hydrogen-bond donors (Lipinski definition) is 0. The Labute approximate surface area is 118 Å². The Kier molecular flexibility index (Phi) is 8.38. The summed E-state index contributed by atoms with van der Waals surface area (Å²) in [7, 11) is 12.2. The first-order valence-electron chi connectivity index (χ1n) is 5.25. The van der Waals surface area contributed by atoms with Crippen LogP contribution in [0, 0.1) is 0 Å². The maximum Gasteiger partial charge on any atom is 0.195 e. The van der Waals surface area contributed by atoms with Crippen LogP contribution in [0.25, 0.3) is 0 Å². The first-order chi connectivity index (χ1) is 6.68. The molecule has 98 valence electrons. The van der Waals surface area contributed by atoms with Crippen molar-refractivity contribution in [2.75, 3.05) is 48.8 Å². The van der Waals surface area contributed by atoms with Crippen LogP contribution >= 0.6 is 24.0 Å². The number of halogens is 1. The molecule has 0 aromatic carbocycles. The smallest absolute Gasteiger partial charge is 0.195 e. The van der Waals surface area contributed by atoms with Gasteiger partial charge in [-0.3, -0.25) is 4.99 Å². The molecule has 0 aliphatic rings. The lowest BCUT2D eigenvalue weighted by atomic mass is 10.1. The van der Waals surface area contributed by atoms with E-state index in [0.717, 1.165) is 12.5 Å². The van der Waals surface area contributed by atoms with E-state index in [1.165, 1.54) is 0 Å². The molecule has 0 rings (SSSR count). The molecule has 0 saturated carbocycles. The normalized spacial score (nSPS) is 10.8. The molecule has 5 heteroatoms. The number of aliphatic imine (C=N–C) groups is 1. The van der Waals surface area contributed by atoms with E-state index in [1.54, 1.807) is 0 Å². The molecule has 0 bridgehead atoms. The quantitative estimate of drug-likeness (QED) is 0.440. The summed E-state index contributed by atoms with van der Waals surface area (Å²) in [5.74, 6) is 1.00. The second-order valence-electron chi connectivity index (χ2n) is 5.11. The molecule has 0 aromatic rings. The fraction of sp³-hybridized carbons (Fsp3) is 0.909. The molecule has 0 atom stereocenters. The number of nitrogens with zero attached hydrogens (tertiary/aromatic N) is 4. The van der Waals surface area contributed by atoms with Crippen molar-refractivity contribution >= 4 is 29.9 Å². The van der Waals surface area contributed by atoms with Crippen molar-refractivity contribution in [3.63, 3.8) is 0 Å². The van der Waals surface area contributed by atoms with Crippen LogP contribution in [0.3, 0.4) is 0 Å². The molecular formula is C11H27IN4. The van der Waals surface area contributed by atoms with Crippen LogP contribution in [0.15, 0.2) is 4.99 Å². The fourth-order valence-corrected chi connectivity index (χ4v) is 1.09. The number of hydrogen-bond acceptors (Lipinski definition) is 2. The van der Waals surface area contributed by atoms with Gasteiger partial charge in [0.15, 0.2) is 5.96 Å². The maximum atomic E-state index is 4.64. The lowest BCUT2D eigenvalue weighted by Gasteiger charge is -2.32. The SMILES string of the molecule is CN(C)C(=NCC(C)(C)N(C)C)N(C)C.I. The largest absolute Gasteiger partial charge is 0.349 e. The Hall–Kier alpha value is -0.0400.